The van der Waals surface area contributed by atoms with Crippen LogP contribution in [0.4, 0.5) is 0 Å². The molecule has 1 heterocycles. The van der Waals surface area contributed by atoms with Crippen LogP contribution in [0.1, 0.15) is 24.6 Å². The molecular formula is C14H17BrN2S. The highest BCUT2D eigenvalue weighted by atomic mass is 79.9. The number of hydrogen-bond acceptors (Lipinski definition) is 3. The lowest BCUT2D eigenvalue weighted by molar-refractivity contribution is 0.921. The van der Waals surface area contributed by atoms with Crippen molar-refractivity contribution in [3.8, 4) is 10.6 Å². The van der Waals surface area contributed by atoms with Crippen molar-refractivity contribution in [3.05, 3.63) is 39.3 Å². The normalized spacial score (nSPS) is 10.8. The number of aryl methyl sites for hydroxylation is 1. The Morgan fingerprint density at radius 3 is 2.56 bits per heavy atom. The molecule has 0 bridgehead atoms. The molecule has 2 aromatic rings. The number of aromatic nitrogens is 1. The van der Waals surface area contributed by atoms with Crippen LogP contribution in [0.5, 0.6) is 0 Å². The fourth-order valence-electron chi connectivity index (χ4n) is 1.85. The largest absolute Gasteiger partial charge is 0.330 e. The fourth-order valence-corrected chi connectivity index (χ4v) is 3.44. The van der Waals surface area contributed by atoms with Gasteiger partial charge >= 0.3 is 0 Å². The van der Waals surface area contributed by atoms with E-state index in [0.717, 1.165) is 27.3 Å². The van der Waals surface area contributed by atoms with E-state index in [1.54, 1.807) is 11.3 Å². The Bertz CT molecular complexity index is 505. The second kappa shape index (κ2) is 6.45. The standard InChI is InChI=1S/C14H17BrN2S/c1-2-3-10-4-6-11(7-5-10)14-17-12(8-9-16)13(15)18-14/h4-7H,2-3,8-9,16H2,1H3. The van der Waals surface area contributed by atoms with Gasteiger partial charge in [-0.15, -0.1) is 11.3 Å². The van der Waals surface area contributed by atoms with Crippen molar-refractivity contribution in [3.63, 3.8) is 0 Å². The number of halogens is 1. The Morgan fingerprint density at radius 2 is 1.94 bits per heavy atom. The van der Waals surface area contributed by atoms with E-state index in [1.165, 1.54) is 17.5 Å². The molecule has 96 valence electrons. The summed E-state index contributed by atoms with van der Waals surface area (Å²) in [5, 5.41) is 1.06. The molecule has 0 atom stereocenters. The topological polar surface area (TPSA) is 38.9 Å². The molecule has 0 spiro atoms. The van der Waals surface area contributed by atoms with Gasteiger partial charge in [-0.2, -0.15) is 0 Å². The van der Waals surface area contributed by atoms with E-state index < -0.39 is 0 Å². The van der Waals surface area contributed by atoms with Crippen molar-refractivity contribution in [2.24, 2.45) is 5.73 Å². The molecule has 1 aromatic heterocycles. The van der Waals surface area contributed by atoms with Gasteiger partial charge < -0.3 is 5.73 Å². The number of nitrogens with zero attached hydrogens (tertiary/aromatic N) is 1. The zero-order chi connectivity index (χ0) is 13.0. The van der Waals surface area contributed by atoms with E-state index in [1.807, 2.05) is 0 Å². The second-order valence-electron chi connectivity index (χ2n) is 4.23. The fraction of sp³-hybridized carbons (Fsp3) is 0.357. The van der Waals surface area contributed by atoms with E-state index in [4.69, 9.17) is 5.73 Å². The maximum Gasteiger partial charge on any atom is 0.124 e. The number of rotatable bonds is 5. The molecule has 2 nitrogen and oxygen atoms in total. The van der Waals surface area contributed by atoms with Crippen LogP contribution in [0.3, 0.4) is 0 Å². The molecule has 0 aliphatic rings. The van der Waals surface area contributed by atoms with Crippen LogP contribution < -0.4 is 5.73 Å². The Hall–Kier alpha value is -0.710. The molecule has 0 unspecified atom stereocenters. The molecule has 18 heavy (non-hydrogen) atoms. The summed E-state index contributed by atoms with van der Waals surface area (Å²) >= 11 is 5.23. The van der Waals surface area contributed by atoms with Crippen molar-refractivity contribution in [2.45, 2.75) is 26.2 Å². The van der Waals surface area contributed by atoms with Crippen molar-refractivity contribution in [1.82, 2.24) is 4.98 Å². The summed E-state index contributed by atoms with van der Waals surface area (Å²) in [5.74, 6) is 0. The predicted molar refractivity (Wildman–Crippen MR) is 82.0 cm³/mol. The van der Waals surface area contributed by atoms with E-state index in [2.05, 4.69) is 52.1 Å². The number of nitrogens with two attached hydrogens (primary N) is 1. The number of thiazole rings is 1. The third-order valence-electron chi connectivity index (χ3n) is 2.77. The lowest BCUT2D eigenvalue weighted by Crippen LogP contribution is -2.03. The van der Waals surface area contributed by atoms with Crippen molar-refractivity contribution >= 4 is 27.3 Å². The van der Waals surface area contributed by atoms with Crippen LogP contribution >= 0.6 is 27.3 Å². The van der Waals surface area contributed by atoms with Gasteiger partial charge in [0.2, 0.25) is 0 Å². The highest BCUT2D eigenvalue weighted by Crippen LogP contribution is 2.32. The van der Waals surface area contributed by atoms with Gasteiger partial charge in [-0.05, 0) is 34.5 Å². The van der Waals surface area contributed by atoms with Gasteiger partial charge in [0.05, 0.1) is 9.48 Å². The summed E-state index contributed by atoms with van der Waals surface area (Å²) in [7, 11) is 0. The lowest BCUT2D eigenvalue weighted by Gasteiger charge is -2.00. The van der Waals surface area contributed by atoms with Gasteiger partial charge in [0.25, 0.3) is 0 Å². The van der Waals surface area contributed by atoms with Gasteiger partial charge in [-0.3, -0.25) is 0 Å². The van der Waals surface area contributed by atoms with Crippen molar-refractivity contribution in [1.29, 1.82) is 0 Å². The van der Waals surface area contributed by atoms with Crippen LogP contribution in [0.15, 0.2) is 28.1 Å². The quantitative estimate of drug-likeness (QED) is 0.901. The lowest BCUT2D eigenvalue weighted by atomic mass is 10.1. The van der Waals surface area contributed by atoms with E-state index in [-0.39, 0.29) is 0 Å². The first-order chi connectivity index (χ1) is 8.74. The van der Waals surface area contributed by atoms with Gasteiger partial charge in [0.15, 0.2) is 0 Å². The molecule has 1 aromatic carbocycles. The summed E-state index contributed by atoms with van der Waals surface area (Å²) in [4.78, 5) is 4.64. The van der Waals surface area contributed by atoms with E-state index in [0.29, 0.717) is 6.54 Å². The van der Waals surface area contributed by atoms with Crippen molar-refractivity contribution in [2.75, 3.05) is 6.54 Å². The van der Waals surface area contributed by atoms with E-state index in [9.17, 15) is 0 Å². The first-order valence-electron chi connectivity index (χ1n) is 6.19. The second-order valence-corrected chi connectivity index (χ2v) is 6.54. The molecular weight excluding hydrogens is 308 g/mol. The summed E-state index contributed by atoms with van der Waals surface area (Å²) in [5.41, 5.74) is 9.21. The summed E-state index contributed by atoms with van der Waals surface area (Å²) in [6.45, 7) is 2.84. The zero-order valence-electron chi connectivity index (χ0n) is 10.4. The number of benzene rings is 1. The summed E-state index contributed by atoms with van der Waals surface area (Å²) < 4.78 is 1.10. The zero-order valence-corrected chi connectivity index (χ0v) is 12.9. The maximum atomic E-state index is 5.57. The van der Waals surface area contributed by atoms with Crippen LogP contribution in [0.25, 0.3) is 10.6 Å². The molecule has 0 aliphatic heterocycles. The Balaban J connectivity index is 2.22. The first kappa shape index (κ1) is 13.7. The molecule has 0 amide bonds. The highest BCUT2D eigenvalue weighted by Gasteiger charge is 2.09. The minimum Gasteiger partial charge on any atom is -0.330 e. The van der Waals surface area contributed by atoms with Crippen LogP contribution in [-0.4, -0.2) is 11.5 Å². The van der Waals surface area contributed by atoms with Gasteiger partial charge in [-0.1, -0.05) is 37.6 Å². The van der Waals surface area contributed by atoms with Gasteiger partial charge in [0.1, 0.15) is 5.01 Å². The molecule has 2 rings (SSSR count). The summed E-state index contributed by atoms with van der Waals surface area (Å²) in [6, 6.07) is 8.69. The molecule has 0 saturated carbocycles. The third kappa shape index (κ3) is 3.19. The predicted octanol–water partition coefficient (Wildman–Crippen LogP) is 4.03. The third-order valence-corrected chi connectivity index (χ3v) is 4.65. The Kier molecular flexibility index (Phi) is 4.92. The molecule has 0 saturated heterocycles. The highest BCUT2D eigenvalue weighted by molar-refractivity contribution is 9.11. The average Bonchev–Trinajstić information content (AvgIpc) is 2.73. The monoisotopic (exact) mass is 324 g/mol. The van der Waals surface area contributed by atoms with Crippen LogP contribution in [-0.2, 0) is 12.8 Å². The van der Waals surface area contributed by atoms with E-state index >= 15 is 0 Å². The molecule has 0 aliphatic carbocycles. The Labute approximate surface area is 120 Å². The molecule has 2 N–H and O–H groups in total. The molecule has 0 fully saturated rings. The Morgan fingerprint density at radius 1 is 1.22 bits per heavy atom. The first-order valence-corrected chi connectivity index (χ1v) is 7.80. The minimum atomic E-state index is 0.636. The number of hydrogen-bond donors (Lipinski definition) is 1. The van der Waals surface area contributed by atoms with Gasteiger partial charge in [0, 0.05) is 12.0 Å². The minimum absolute atomic E-state index is 0.636. The molecule has 0 radical (unpaired) electrons. The summed E-state index contributed by atoms with van der Waals surface area (Å²) in [6.07, 6.45) is 3.15. The SMILES string of the molecule is CCCc1ccc(-c2nc(CCN)c(Br)s2)cc1. The maximum absolute atomic E-state index is 5.57. The smallest absolute Gasteiger partial charge is 0.124 e. The van der Waals surface area contributed by atoms with Crippen LogP contribution in [0.2, 0.25) is 0 Å². The van der Waals surface area contributed by atoms with Crippen molar-refractivity contribution < 1.29 is 0 Å². The van der Waals surface area contributed by atoms with Crippen LogP contribution in [0, 0.1) is 0 Å². The molecule has 4 heteroatoms. The average molecular weight is 325 g/mol. The van der Waals surface area contributed by atoms with Gasteiger partial charge in [-0.25, -0.2) is 4.98 Å².